The maximum Gasteiger partial charge on any atom is 0.317 e. The van der Waals surface area contributed by atoms with Crippen molar-refractivity contribution in [3.8, 4) is 0 Å². The van der Waals surface area contributed by atoms with Crippen LogP contribution >= 0.6 is 0 Å². The number of hydrogen-bond acceptors (Lipinski definition) is 3. The molecular weight excluding hydrogens is 304 g/mol. The molecule has 2 saturated heterocycles. The molecule has 6 nitrogen and oxygen atoms in total. The van der Waals surface area contributed by atoms with Crippen LogP contribution in [0.4, 0.5) is 13.6 Å². The molecule has 3 fully saturated rings. The zero-order valence-corrected chi connectivity index (χ0v) is 12.4. The van der Waals surface area contributed by atoms with Gasteiger partial charge >= 0.3 is 6.03 Å². The Kier molecular flexibility index (Phi) is 3.59. The van der Waals surface area contributed by atoms with Crippen molar-refractivity contribution in [1.29, 1.82) is 0 Å². The predicted octanol–water partition coefficient (Wildman–Crippen LogP) is 0.603. The molecule has 0 aromatic heterocycles. The van der Waals surface area contributed by atoms with E-state index in [0.717, 1.165) is 0 Å². The van der Waals surface area contributed by atoms with E-state index in [4.69, 9.17) is 0 Å². The maximum atomic E-state index is 13.2. The minimum Gasteiger partial charge on any atom is -0.336 e. The summed E-state index contributed by atoms with van der Waals surface area (Å²) in [5.41, 5.74) is 0. The normalized spacial score (nSPS) is 31.0. The van der Waals surface area contributed by atoms with Crippen molar-refractivity contribution in [2.45, 2.75) is 42.9 Å². The number of hydrogen-bond donors (Lipinski definition) is 1. The lowest BCUT2D eigenvalue weighted by atomic mass is 9.96. The van der Waals surface area contributed by atoms with E-state index in [-0.39, 0.29) is 50.8 Å². The number of sulfonamides is 1. The summed E-state index contributed by atoms with van der Waals surface area (Å²) in [6.07, 6.45) is -0.699. The van der Waals surface area contributed by atoms with Crippen LogP contribution in [-0.4, -0.2) is 67.0 Å². The minimum absolute atomic E-state index is 0.0113. The van der Waals surface area contributed by atoms with Gasteiger partial charge in [0.05, 0.1) is 11.3 Å². The second kappa shape index (κ2) is 5.05. The van der Waals surface area contributed by atoms with Crippen LogP contribution in [0.5, 0.6) is 0 Å². The van der Waals surface area contributed by atoms with Crippen LogP contribution < -0.4 is 5.32 Å². The molecule has 21 heavy (non-hydrogen) atoms. The first-order chi connectivity index (χ1) is 9.79. The summed E-state index contributed by atoms with van der Waals surface area (Å²) >= 11 is 0. The van der Waals surface area contributed by atoms with Gasteiger partial charge in [-0.05, 0) is 12.8 Å². The number of carbonyl (C=O) groups excluding carboxylic acids is 1. The molecule has 1 atom stereocenters. The van der Waals surface area contributed by atoms with Crippen LogP contribution in [0, 0.1) is 0 Å². The van der Waals surface area contributed by atoms with Gasteiger partial charge in [0.15, 0.2) is 0 Å². The first kappa shape index (κ1) is 15.0. The molecule has 0 radical (unpaired) electrons. The number of alkyl halides is 2. The summed E-state index contributed by atoms with van der Waals surface area (Å²) in [5.74, 6) is -2.73. The number of halogens is 2. The topological polar surface area (TPSA) is 69.7 Å². The van der Waals surface area contributed by atoms with Gasteiger partial charge in [-0.3, -0.25) is 0 Å². The summed E-state index contributed by atoms with van der Waals surface area (Å²) in [4.78, 5) is 13.1. The van der Waals surface area contributed by atoms with Crippen LogP contribution in [0.25, 0.3) is 0 Å². The molecule has 0 bridgehead atoms. The summed E-state index contributed by atoms with van der Waals surface area (Å²) in [6.45, 7) is 1.30. The van der Waals surface area contributed by atoms with Gasteiger partial charge in [0.2, 0.25) is 15.9 Å². The van der Waals surface area contributed by atoms with Crippen molar-refractivity contribution in [2.75, 3.05) is 26.2 Å². The zero-order valence-electron chi connectivity index (χ0n) is 11.6. The van der Waals surface area contributed by atoms with Crippen molar-refractivity contribution in [3.05, 3.63) is 0 Å². The van der Waals surface area contributed by atoms with Gasteiger partial charge < -0.3 is 10.2 Å². The summed E-state index contributed by atoms with van der Waals surface area (Å²) < 4.78 is 52.9. The van der Waals surface area contributed by atoms with Crippen molar-refractivity contribution >= 4 is 16.1 Å². The average Bonchev–Trinajstić information content (AvgIpc) is 2.79. The van der Waals surface area contributed by atoms with E-state index in [1.165, 1.54) is 4.31 Å². The number of nitrogens with zero attached hydrogens (tertiary/aromatic N) is 2. The van der Waals surface area contributed by atoms with Gasteiger partial charge in [0.25, 0.3) is 0 Å². The maximum absolute atomic E-state index is 13.2. The van der Waals surface area contributed by atoms with Crippen LogP contribution in [0.2, 0.25) is 0 Å². The largest absolute Gasteiger partial charge is 0.336 e. The predicted molar refractivity (Wildman–Crippen MR) is 71.6 cm³/mol. The lowest BCUT2D eigenvalue weighted by molar-refractivity contribution is -0.0332. The van der Waals surface area contributed by atoms with Gasteiger partial charge in [0, 0.05) is 39.0 Å². The van der Waals surface area contributed by atoms with Crippen LogP contribution in [-0.2, 0) is 10.0 Å². The van der Waals surface area contributed by atoms with Gasteiger partial charge in [-0.15, -0.1) is 0 Å². The quantitative estimate of drug-likeness (QED) is 0.809. The van der Waals surface area contributed by atoms with Gasteiger partial charge in [-0.25, -0.2) is 22.0 Å². The van der Waals surface area contributed by atoms with E-state index in [1.54, 1.807) is 4.90 Å². The fourth-order valence-corrected chi connectivity index (χ4v) is 5.30. The van der Waals surface area contributed by atoms with Crippen LogP contribution in [0.1, 0.15) is 25.7 Å². The second-order valence-electron chi connectivity index (χ2n) is 5.99. The number of fused-ring (bicyclic) bond motifs is 1. The first-order valence-electron chi connectivity index (χ1n) is 7.21. The Bertz CT molecular complexity index is 530. The van der Waals surface area contributed by atoms with Gasteiger partial charge in [0.1, 0.15) is 0 Å². The zero-order chi connectivity index (χ0) is 15.3. The second-order valence-corrected chi connectivity index (χ2v) is 8.20. The average molecular weight is 323 g/mol. The minimum atomic E-state index is -3.56. The Labute approximate surface area is 122 Å². The highest BCUT2D eigenvalue weighted by molar-refractivity contribution is 7.89. The fourth-order valence-electron chi connectivity index (χ4n) is 3.33. The Hall–Kier alpha value is -0.960. The molecular formula is C12H19F2N3O3S. The Morgan fingerprint density at radius 2 is 1.86 bits per heavy atom. The Morgan fingerprint density at radius 3 is 2.52 bits per heavy atom. The lowest BCUT2D eigenvalue weighted by Crippen LogP contribution is -2.55. The number of nitrogens with one attached hydrogen (secondary N) is 1. The highest BCUT2D eigenvalue weighted by atomic mass is 32.2. The van der Waals surface area contributed by atoms with E-state index in [0.29, 0.717) is 13.1 Å². The van der Waals surface area contributed by atoms with Crippen molar-refractivity contribution in [3.63, 3.8) is 0 Å². The number of amides is 2. The third-order valence-electron chi connectivity index (χ3n) is 4.64. The smallest absolute Gasteiger partial charge is 0.317 e. The molecule has 3 aliphatic rings. The van der Waals surface area contributed by atoms with E-state index >= 15 is 0 Å². The van der Waals surface area contributed by atoms with Crippen molar-refractivity contribution in [1.82, 2.24) is 14.5 Å². The highest BCUT2D eigenvalue weighted by Gasteiger charge is 2.45. The molecule has 1 N–H and O–H groups in total. The molecule has 120 valence electrons. The van der Waals surface area contributed by atoms with Crippen LogP contribution in [0.3, 0.4) is 0 Å². The van der Waals surface area contributed by atoms with Crippen molar-refractivity contribution < 1.29 is 22.0 Å². The molecule has 2 heterocycles. The van der Waals surface area contributed by atoms with E-state index in [2.05, 4.69) is 5.32 Å². The van der Waals surface area contributed by atoms with E-state index in [9.17, 15) is 22.0 Å². The molecule has 0 aromatic rings. The summed E-state index contributed by atoms with van der Waals surface area (Å²) in [5, 5.41) is 1.98. The Morgan fingerprint density at radius 1 is 1.19 bits per heavy atom. The number of carbonyl (C=O) groups is 1. The van der Waals surface area contributed by atoms with Gasteiger partial charge in [-0.2, -0.15) is 4.31 Å². The molecule has 0 unspecified atom stereocenters. The number of piperazine rings is 1. The first-order valence-corrected chi connectivity index (χ1v) is 8.71. The molecule has 1 saturated carbocycles. The molecule has 2 amide bonds. The molecule has 3 rings (SSSR count). The highest BCUT2D eigenvalue weighted by Crippen LogP contribution is 2.37. The molecule has 2 aliphatic heterocycles. The standard InChI is InChI=1S/C12H19F2N3O3S/c13-12(14)3-1-10(2-4-12)21(19,20)16-5-6-17-9(8-16)7-15-11(17)18/h9-10H,1-8H2,(H,15,18)/t9-/m0/s1. The molecule has 9 heteroatoms. The number of urea groups is 1. The van der Waals surface area contributed by atoms with Gasteiger partial charge in [-0.1, -0.05) is 0 Å². The van der Waals surface area contributed by atoms with E-state index in [1.807, 2.05) is 0 Å². The number of rotatable bonds is 2. The third-order valence-corrected chi connectivity index (χ3v) is 7.01. The summed E-state index contributed by atoms with van der Waals surface area (Å²) in [7, 11) is -3.56. The molecule has 0 aromatic carbocycles. The molecule has 0 spiro atoms. The Balaban J connectivity index is 1.67. The van der Waals surface area contributed by atoms with Crippen molar-refractivity contribution in [2.24, 2.45) is 0 Å². The third kappa shape index (κ3) is 2.73. The SMILES string of the molecule is O=C1NC[C@H]2CN(S(=O)(=O)C3CCC(F)(F)CC3)CCN12. The summed E-state index contributed by atoms with van der Waals surface area (Å²) in [6, 6.07) is -0.305. The monoisotopic (exact) mass is 323 g/mol. The molecule has 1 aliphatic carbocycles. The van der Waals surface area contributed by atoms with E-state index < -0.39 is 21.2 Å². The fraction of sp³-hybridized carbons (Fsp3) is 0.917. The van der Waals surface area contributed by atoms with Crippen LogP contribution in [0.15, 0.2) is 0 Å². The lowest BCUT2D eigenvalue weighted by Gasteiger charge is -2.38.